The van der Waals surface area contributed by atoms with Crippen LogP contribution in [-0.4, -0.2) is 70.9 Å². The maximum absolute atomic E-state index is 13.5. The van der Waals surface area contributed by atoms with Crippen molar-refractivity contribution in [2.75, 3.05) is 23.3 Å². The molecule has 0 radical (unpaired) electrons. The molecule has 1 amide bonds. The molecule has 2 bridgehead atoms. The Kier molecular flexibility index (Phi) is 5.46. The van der Waals surface area contributed by atoms with E-state index in [0.717, 1.165) is 35.6 Å². The number of carbonyl (C=O) groups is 1. The van der Waals surface area contributed by atoms with Crippen molar-refractivity contribution in [2.24, 2.45) is 0 Å². The van der Waals surface area contributed by atoms with Crippen LogP contribution >= 0.6 is 0 Å². The van der Waals surface area contributed by atoms with Crippen molar-refractivity contribution in [3.63, 3.8) is 0 Å². The highest BCUT2D eigenvalue weighted by Crippen LogP contribution is 2.34. The number of piperazine rings is 1. The number of aryl methyl sites for hydroxylation is 1. The zero-order chi connectivity index (χ0) is 26.5. The van der Waals surface area contributed by atoms with Crippen LogP contribution < -0.4 is 10.2 Å². The summed E-state index contributed by atoms with van der Waals surface area (Å²) in [6.07, 6.45) is 5.72. The van der Waals surface area contributed by atoms with Gasteiger partial charge in [0.1, 0.15) is 5.82 Å². The number of halogens is 1. The number of benzene rings is 1. The number of anilines is 3. The van der Waals surface area contributed by atoms with Gasteiger partial charge >= 0.3 is 0 Å². The van der Waals surface area contributed by atoms with E-state index < -0.39 is 5.82 Å². The molecule has 5 aromatic rings. The number of H-pyrrole nitrogens is 1. The Morgan fingerprint density at radius 2 is 1.90 bits per heavy atom. The van der Waals surface area contributed by atoms with Crippen molar-refractivity contribution in [3.8, 4) is 5.82 Å². The fourth-order valence-electron chi connectivity index (χ4n) is 5.53. The van der Waals surface area contributed by atoms with E-state index in [1.54, 1.807) is 12.1 Å². The Hall–Kier alpha value is -4.87. The summed E-state index contributed by atoms with van der Waals surface area (Å²) in [5, 5.41) is 15.4. The van der Waals surface area contributed by atoms with Crippen molar-refractivity contribution in [2.45, 2.75) is 31.8 Å². The number of para-hydroxylation sites is 1. The zero-order valence-electron chi connectivity index (χ0n) is 21.1. The molecule has 0 saturated carbocycles. The van der Waals surface area contributed by atoms with Crippen molar-refractivity contribution in [1.29, 1.82) is 0 Å². The van der Waals surface area contributed by atoms with E-state index in [4.69, 9.17) is 9.97 Å². The smallest absolute Gasteiger partial charge is 0.256 e. The van der Waals surface area contributed by atoms with E-state index in [0.29, 0.717) is 42.1 Å². The molecule has 6 heterocycles. The Morgan fingerprint density at radius 1 is 1.08 bits per heavy atom. The van der Waals surface area contributed by atoms with Crippen LogP contribution in [0.4, 0.5) is 22.0 Å². The average molecular weight is 525 g/mol. The first-order valence-electron chi connectivity index (χ1n) is 12.8. The predicted molar refractivity (Wildman–Crippen MR) is 143 cm³/mol. The van der Waals surface area contributed by atoms with Gasteiger partial charge in [-0.3, -0.25) is 9.89 Å². The van der Waals surface area contributed by atoms with Crippen LogP contribution in [0.5, 0.6) is 0 Å². The number of hydrogen-bond acceptors (Lipinski definition) is 8. The third kappa shape index (κ3) is 4.23. The largest absolute Gasteiger partial charge is 0.337 e. The molecule has 2 saturated heterocycles. The standard InChI is InChI=1S/C27H25FN10O/c1-16-10-23(35-34-16)32-25-21-4-2-3-5-22(21)31-27(33-25)36-14-19-7-8-20(15-36)38(19)26(39)17-6-9-24(29-11-17)37-13-18(28)12-30-37/h2-6,9-13,19-20H,7-8,14-15H2,1H3,(H2,31,32,33,34,35). The first-order chi connectivity index (χ1) is 19.0. The molecule has 2 atom stereocenters. The van der Waals surface area contributed by atoms with Crippen molar-refractivity contribution in [1.82, 2.24) is 39.8 Å². The number of rotatable bonds is 5. The second-order valence-electron chi connectivity index (χ2n) is 9.96. The third-order valence-electron chi connectivity index (χ3n) is 7.32. The molecule has 1 aromatic carbocycles. The lowest BCUT2D eigenvalue weighted by molar-refractivity contribution is 0.0640. The van der Waals surface area contributed by atoms with Crippen LogP contribution in [0.2, 0.25) is 0 Å². The number of fused-ring (bicyclic) bond motifs is 3. The van der Waals surface area contributed by atoms with Crippen molar-refractivity contribution in [3.05, 3.63) is 78.1 Å². The Labute approximate surface area is 222 Å². The van der Waals surface area contributed by atoms with Gasteiger partial charge in [0.05, 0.1) is 35.6 Å². The molecule has 0 aliphatic carbocycles. The summed E-state index contributed by atoms with van der Waals surface area (Å²) in [6.45, 7) is 3.22. The average Bonchev–Trinajstić information content (AvgIpc) is 3.65. The SMILES string of the molecule is Cc1cc(Nc2nc(N3CC4CCC(C3)N4C(=O)c3ccc(-n4cc(F)cn4)nc3)nc3ccccc23)n[nH]1. The summed E-state index contributed by atoms with van der Waals surface area (Å²) in [5.41, 5.74) is 2.29. The monoisotopic (exact) mass is 524 g/mol. The molecule has 2 aliphatic rings. The van der Waals surface area contributed by atoms with Gasteiger partial charge in [-0.15, -0.1) is 0 Å². The van der Waals surface area contributed by atoms with Gasteiger partial charge < -0.3 is 15.1 Å². The number of nitrogens with zero attached hydrogens (tertiary/aromatic N) is 8. The molecule has 196 valence electrons. The van der Waals surface area contributed by atoms with E-state index in [9.17, 15) is 9.18 Å². The number of amides is 1. The molecule has 2 aliphatic heterocycles. The van der Waals surface area contributed by atoms with Gasteiger partial charge in [0.15, 0.2) is 17.5 Å². The lowest BCUT2D eigenvalue weighted by Crippen LogP contribution is -2.56. The van der Waals surface area contributed by atoms with Gasteiger partial charge in [-0.2, -0.15) is 15.2 Å². The van der Waals surface area contributed by atoms with E-state index in [2.05, 4.69) is 30.5 Å². The predicted octanol–water partition coefficient (Wildman–Crippen LogP) is 3.62. The summed E-state index contributed by atoms with van der Waals surface area (Å²) in [7, 11) is 0. The first-order valence-corrected chi connectivity index (χ1v) is 12.8. The van der Waals surface area contributed by atoms with E-state index in [-0.39, 0.29) is 18.0 Å². The van der Waals surface area contributed by atoms with E-state index in [1.165, 1.54) is 17.1 Å². The number of hydrogen-bond donors (Lipinski definition) is 2. The minimum atomic E-state index is -0.444. The van der Waals surface area contributed by atoms with Crippen LogP contribution in [0.1, 0.15) is 28.9 Å². The summed E-state index contributed by atoms with van der Waals surface area (Å²) in [5.74, 6) is 1.96. The van der Waals surface area contributed by atoms with Crippen molar-refractivity contribution >= 4 is 34.4 Å². The third-order valence-corrected chi connectivity index (χ3v) is 7.32. The maximum atomic E-state index is 13.5. The van der Waals surface area contributed by atoms with E-state index in [1.807, 2.05) is 42.2 Å². The molecule has 11 nitrogen and oxygen atoms in total. The summed E-state index contributed by atoms with van der Waals surface area (Å²) < 4.78 is 14.7. The molecule has 12 heteroatoms. The van der Waals surface area contributed by atoms with Crippen LogP contribution in [0, 0.1) is 12.7 Å². The van der Waals surface area contributed by atoms with Gasteiger partial charge in [0, 0.05) is 36.4 Å². The first kappa shape index (κ1) is 23.3. The zero-order valence-corrected chi connectivity index (χ0v) is 21.1. The molecule has 4 aromatic heterocycles. The van der Waals surface area contributed by atoms with Gasteiger partial charge in [0.25, 0.3) is 5.91 Å². The number of aromatic nitrogens is 7. The maximum Gasteiger partial charge on any atom is 0.256 e. The lowest BCUT2D eigenvalue weighted by Gasteiger charge is -2.41. The Bertz CT molecular complexity index is 1670. The quantitative estimate of drug-likeness (QED) is 0.358. The minimum absolute atomic E-state index is 0.0385. The van der Waals surface area contributed by atoms with Gasteiger partial charge in [-0.05, 0) is 44.0 Å². The second kappa shape index (κ2) is 9.15. The molecular weight excluding hydrogens is 499 g/mol. The highest BCUT2D eigenvalue weighted by Gasteiger charge is 2.43. The summed E-state index contributed by atoms with van der Waals surface area (Å²) in [4.78, 5) is 31.8. The van der Waals surface area contributed by atoms with Crippen LogP contribution in [0.25, 0.3) is 16.7 Å². The van der Waals surface area contributed by atoms with Crippen LogP contribution in [-0.2, 0) is 0 Å². The Balaban J connectivity index is 1.13. The van der Waals surface area contributed by atoms with Gasteiger partial charge in [-0.1, -0.05) is 12.1 Å². The summed E-state index contributed by atoms with van der Waals surface area (Å²) in [6, 6.07) is 13.3. The molecular formula is C27H25FN10O. The van der Waals surface area contributed by atoms with Crippen molar-refractivity contribution < 1.29 is 9.18 Å². The molecule has 7 rings (SSSR count). The summed E-state index contributed by atoms with van der Waals surface area (Å²) >= 11 is 0. The normalized spacial score (nSPS) is 18.6. The fraction of sp³-hybridized carbons (Fsp3) is 0.259. The van der Waals surface area contributed by atoms with Gasteiger partial charge in [0.2, 0.25) is 5.95 Å². The van der Waals surface area contributed by atoms with E-state index >= 15 is 0 Å². The topological polar surface area (TPSA) is 121 Å². The molecule has 39 heavy (non-hydrogen) atoms. The van der Waals surface area contributed by atoms with Crippen LogP contribution in [0.3, 0.4) is 0 Å². The number of aromatic amines is 1. The highest BCUT2D eigenvalue weighted by molar-refractivity contribution is 5.95. The number of pyridine rings is 1. The van der Waals surface area contributed by atoms with Gasteiger partial charge in [-0.25, -0.2) is 19.0 Å². The lowest BCUT2D eigenvalue weighted by atomic mass is 10.1. The second-order valence-corrected chi connectivity index (χ2v) is 9.96. The highest BCUT2D eigenvalue weighted by atomic mass is 19.1. The molecule has 2 N–H and O–H groups in total. The van der Waals surface area contributed by atoms with Crippen LogP contribution in [0.15, 0.2) is 61.1 Å². The molecule has 0 spiro atoms. The number of nitrogens with one attached hydrogen (secondary N) is 2. The molecule has 2 fully saturated rings. The minimum Gasteiger partial charge on any atom is -0.337 e. The Morgan fingerprint density at radius 3 is 2.59 bits per heavy atom. The molecule has 2 unspecified atom stereocenters. The number of carbonyl (C=O) groups excluding carboxylic acids is 1. The fourth-order valence-corrected chi connectivity index (χ4v) is 5.53.